The number of nitrogens with zero attached hydrogens (tertiary/aromatic N) is 2. The lowest BCUT2D eigenvalue weighted by Gasteiger charge is -2.02. The first-order valence-corrected chi connectivity index (χ1v) is 5.58. The second kappa shape index (κ2) is 4.87. The molecular weight excluding hydrogens is 228 g/mol. The highest BCUT2D eigenvalue weighted by Gasteiger charge is 2.04. The minimum atomic E-state index is 0.105. The highest BCUT2D eigenvalue weighted by Crippen LogP contribution is 2.34. The van der Waals surface area contributed by atoms with Crippen LogP contribution in [-0.2, 0) is 0 Å². The first kappa shape index (κ1) is 12.1. The van der Waals surface area contributed by atoms with E-state index in [1.54, 1.807) is 50.2 Å². The Hall–Kier alpha value is -2.36. The summed E-state index contributed by atoms with van der Waals surface area (Å²) in [5.41, 5.74) is 2.24. The molecule has 0 fully saturated rings. The molecule has 0 aliphatic rings. The van der Waals surface area contributed by atoms with Crippen molar-refractivity contribution in [1.29, 1.82) is 0 Å². The molecule has 2 rings (SSSR count). The topological polar surface area (TPSA) is 65.2 Å². The van der Waals surface area contributed by atoms with Crippen LogP contribution in [0.5, 0.6) is 11.5 Å². The number of phenolic OH excluding ortho intramolecular Hbond substituents is 2. The van der Waals surface area contributed by atoms with Crippen LogP contribution in [0.25, 0.3) is 0 Å². The number of aryl methyl sites for hydroxylation is 2. The first-order valence-electron chi connectivity index (χ1n) is 5.58. The SMILES string of the molecule is Cc1cccc(N=Nc2cccc(C)c2O)c1O. The molecule has 0 radical (unpaired) electrons. The van der Waals surface area contributed by atoms with Gasteiger partial charge in [0.05, 0.1) is 0 Å². The Kier molecular flexibility index (Phi) is 3.28. The molecule has 18 heavy (non-hydrogen) atoms. The van der Waals surface area contributed by atoms with E-state index in [0.29, 0.717) is 11.4 Å². The van der Waals surface area contributed by atoms with Crippen molar-refractivity contribution in [1.82, 2.24) is 0 Å². The van der Waals surface area contributed by atoms with E-state index in [1.807, 2.05) is 0 Å². The molecule has 0 aromatic heterocycles. The zero-order chi connectivity index (χ0) is 13.1. The second-order valence-corrected chi connectivity index (χ2v) is 4.09. The number of para-hydroxylation sites is 2. The van der Waals surface area contributed by atoms with E-state index < -0.39 is 0 Å². The third-order valence-electron chi connectivity index (χ3n) is 2.70. The lowest BCUT2D eigenvalue weighted by Crippen LogP contribution is -1.75. The third-order valence-corrected chi connectivity index (χ3v) is 2.70. The van der Waals surface area contributed by atoms with Crippen LogP contribution in [0.4, 0.5) is 11.4 Å². The van der Waals surface area contributed by atoms with E-state index in [4.69, 9.17) is 0 Å². The van der Waals surface area contributed by atoms with Gasteiger partial charge in [0.2, 0.25) is 0 Å². The Bertz CT molecular complexity index is 553. The summed E-state index contributed by atoms with van der Waals surface area (Å²) in [4.78, 5) is 0. The predicted molar refractivity (Wildman–Crippen MR) is 69.9 cm³/mol. The second-order valence-electron chi connectivity index (χ2n) is 4.09. The minimum Gasteiger partial charge on any atom is -0.505 e. The smallest absolute Gasteiger partial charge is 0.145 e. The molecule has 4 heteroatoms. The Morgan fingerprint density at radius 2 is 1.11 bits per heavy atom. The highest BCUT2D eigenvalue weighted by atomic mass is 16.3. The fourth-order valence-electron chi connectivity index (χ4n) is 1.56. The molecular formula is C14H14N2O2. The summed E-state index contributed by atoms with van der Waals surface area (Å²) in [6.07, 6.45) is 0. The molecule has 0 aliphatic carbocycles. The van der Waals surface area contributed by atoms with Gasteiger partial charge in [-0.1, -0.05) is 24.3 Å². The Balaban J connectivity index is 2.36. The number of hydrogen-bond donors (Lipinski definition) is 2. The highest BCUT2D eigenvalue weighted by molar-refractivity contribution is 5.57. The van der Waals surface area contributed by atoms with E-state index in [1.165, 1.54) is 0 Å². The maximum Gasteiger partial charge on any atom is 0.145 e. The maximum absolute atomic E-state index is 9.78. The molecule has 0 heterocycles. The van der Waals surface area contributed by atoms with Crippen molar-refractivity contribution in [3.63, 3.8) is 0 Å². The van der Waals surface area contributed by atoms with Crippen molar-refractivity contribution in [2.24, 2.45) is 10.2 Å². The van der Waals surface area contributed by atoms with Gasteiger partial charge < -0.3 is 10.2 Å². The molecule has 2 N–H and O–H groups in total. The molecule has 92 valence electrons. The monoisotopic (exact) mass is 242 g/mol. The average molecular weight is 242 g/mol. The molecule has 2 aromatic carbocycles. The van der Waals surface area contributed by atoms with Gasteiger partial charge in [-0.2, -0.15) is 0 Å². The van der Waals surface area contributed by atoms with Gasteiger partial charge in [0, 0.05) is 0 Å². The van der Waals surface area contributed by atoms with Crippen molar-refractivity contribution >= 4 is 11.4 Å². The molecule has 0 unspecified atom stereocenters. The van der Waals surface area contributed by atoms with E-state index >= 15 is 0 Å². The van der Waals surface area contributed by atoms with E-state index in [-0.39, 0.29) is 11.5 Å². The number of benzene rings is 2. The standard InChI is InChI=1S/C14H14N2O2/c1-9-5-3-7-11(13(9)17)15-16-12-8-4-6-10(2)14(12)18/h3-8,17-18H,1-2H3. The molecule has 0 bridgehead atoms. The van der Waals surface area contributed by atoms with Crippen molar-refractivity contribution in [3.05, 3.63) is 47.5 Å². The molecule has 0 spiro atoms. The van der Waals surface area contributed by atoms with Crippen LogP contribution >= 0.6 is 0 Å². The summed E-state index contributed by atoms with van der Waals surface area (Å²) in [5, 5.41) is 27.5. The molecule has 0 saturated heterocycles. The zero-order valence-electron chi connectivity index (χ0n) is 10.3. The number of hydrogen-bond acceptors (Lipinski definition) is 4. The normalized spacial score (nSPS) is 11.0. The zero-order valence-corrected chi connectivity index (χ0v) is 10.3. The summed E-state index contributed by atoms with van der Waals surface area (Å²) in [6.45, 7) is 3.58. The summed E-state index contributed by atoms with van der Waals surface area (Å²) >= 11 is 0. The number of rotatable bonds is 2. The largest absolute Gasteiger partial charge is 0.505 e. The van der Waals surface area contributed by atoms with Crippen LogP contribution in [0.1, 0.15) is 11.1 Å². The van der Waals surface area contributed by atoms with E-state index in [0.717, 1.165) is 11.1 Å². The third kappa shape index (κ3) is 2.32. The first-order chi connectivity index (χ1) is 8.59. The van der Waals surface area contributed by atoms with E-state index in [9.17, 15) is 10.2 Å². The Morgan fingerprint density at radius 3 is 1.50 bits per heavy atom. The van der Waals surface area contributed by atoms with Gasteiger partial charge in [0.15, 0.2) is 0 Å². The number of phenols is 2. The lowest BCUT2D eigenvalue weighted by atomic mass is 10.2. The fourth-order valence-corrected chi connectivity index (χ4v) is 1.56. The van der Waals surface area contributed by atoms with Gasteiger partial charge in [-0.05, 0) is 37.1 Å². The molecule has 0 aliphatic heterocycles. The molecule has 4 nitrogen and oxygen atoms in total. The minimum absolute atomic E-state index is 0.105. The lowest BCUT2D eigenvalue weighted by molar-refractivity contribution is 0.470. The Labute approximate surface area is 105 Å². The summed E-state index contributed by atoms with van der Waals surface area (Å²) in [6, 6.07) is 10.5. The van der Waals surface area contributed by atoms with Gasteiger partial charge in [0.25, 0.3) is 0 Å². The number of azo groups is 1. The van der Waals surface area contributed by atoms with Gasteiger partial charge in [0.1, 0.15) is 22.9 Å². The van der Waals surface area contributed by atoms with E-state index in [2.05, 4.69) is 10.2 Å². The predicted octanol–water partition coefficient (Wildman–Crippen LogP) is 4.13. The van der Waals surface area contributed by atoms with Crippen molar-refractivity contribution < 1.29 is 10.2 Å². The van der Waals surface area contributed by atoms with Crippen molar-refractivity contribution in [2.75, 3.05) is 0 Å². The summed E-state index contributed by atoms with van der Waals surface area (Å²) in [5.74, 6) is 0.210. The Morgan fingerprint density at radius 1 is 0.722 bits per heavy atom. The van der Waals surface area contributed by atoms with Gasteiger partial charge in [-0.15, -0.1) is 10.2 Å². The van der Waals surface area contributed by atoms with Crippen LogP contribution < -0.4 is 0 Å². The van der Waals surface area contributed by atoms with Crippen molar-refractivity contribution in [3.8, 4) is 11.5 Å². The van der Waals surface area contributed by atoms with Crippen LogP contribution in [-0.4, -0.2) is 10.2 Å². The van der Waals surface area contributed by atoms with Crippen LogP contribution in [0, 0.1) is 13.8 Å². The van der Waals surface area contributed by atoms with Gasteiger partial charge in [-0.25, -0.2) is 0 Å². The fraction of sp³-hybridized carbons (Fsp3) is 0.143. The van der Waals surface area contributed by atoms with Crippen LogP contribution in [0.2, 0.25) is 0 Å². The maximum atomic E-state index is 9.78. The van der Waals surface area contributed by atoms with Gasteiger partial charge >= 0.3 is 0 Å². The van der Waals surface area contributed by atoms with Crippen molar-refractivity contribution in [2.45, 2.75) is 13.8 Å². The average Bonchev–Trinajstić information content (AvgIpc) is 2.36. The molecule has 0 saturated carbocycles. The molecule has 0 atom stereocenters. The molecule has 2 aromatic rings. The summed E-state index contributed by atoms with van der Waals surface area (Å²) in [7, 11) is 0. The van der Waals surface area contributed by atoms with Gasteiger partial charge in [-0.3, -0.25) is 0 Å². The quantitative estimate of drug-likeness (QED) is 0.777. The summed E-state index contributed by atoms with van der Waals surface area (Å²) < 4.78 is 0. The number of aromatic hydroxyl groups is 2. The van der Waals surface area contributed by atoms with Crippen LogP contribution in [0.3, 0.4) is 0 Å². The molecule has 0 amide bonds. The van der Waals surface area contributed by atoms with Crippen LogP contribution in [0.15, 0.2) is 46.6 Å².